The zero-order chi connectivity index (χ0) is 13.1. The van der Waals surface area contributed by atoms with E-state index in [-0.39, 0.29) is 7.43 Å². The second kappa shape index (κ2) is 12.3. The summed E-state index contributed by atoms with van der Waals surface area (Å²) in [6, 6.07) is 0. The van der Waals surface area contributed by atoms with Crippen LogP contribution in [-0.2, 0) is 4.79 Å². The fraction of sp³-hybridized carbons (Fsp3) is 0.562. The smallest absolute Gasteiger partial charge is 0.134 e. The van der Waals surface area contributed by atoms with Gasteiger partial charge >= 0.3 is 0 Å². The van der Waals surface area contributed by atoms with Gasteiger partial charge in [0.2, 0.25) is 0 Å². The van der Waals surface area contributed by atoms with Crippen molar-refractivity contribution in [3.05, 3.63) is 37.0 Å². The van der Waals surface area contributed by atoms with Crippen LogP contribution in [0.25, 0.3) is 0 Å². The predicted octanol–water partition coefficient (Wildman–Crippen LogP) is 4.00. The van der Waals surface area contributed by atoms with E-state index in [4.69, 9.17) is 0 Å². The molecule has 0 aromatic rings. The van der Waals surface area contributed by atoms with Crippen LogP contribution in [0.4, 0.5) is 0 Å². The van der Waals surface area contributed by atoms with E-state index in [9.17, 15) is 4.79 Å². The first-order valence-electron chi connectivity index (χ1n) is 6.44. The van der Waals surface area contributed by atoms with Gasteiger partial charge in [-0.05, 0) is 18.5 Å². The van der Waals surface area contributed by atoms with Crippen LogP contribution in [0.15, 0.2) is 37.0 Å². The molecular formula is C16H29NO. The third kappa shape index (κ3) is 8.02. The lowest BCUT2D eigenvalue weighted by Crippen LogP contribution is -2.26. The van der Waals surface area contributed by atoms with Crippen LogP contribution in [0.2, 0.25) is 0 Å². The van der Waals surface area contributed by atoms with Gasteiger partial charge in [0.15, 0.2) is 0 Å². The molecule has 1 saturated heterocycles. The first-order valence-corrected chi connectivity index (χ1v) is 6.44. The van der Waals surface area contributed by atoms with E-state index in [1.807, 2.05) is 26.0 Å². The molecule has 0 aromatic carbocycles. The molecule has 0 spiro atoms. The molecule has 1 aliphatic rings. The Balaban J connectivity index is 0. The van der Waals surface area contributed by atoms with Gasteiger partial charge in [-0.1, -0.05) is 52.7 Å². The predicted molar refractivity (Wildman–Crippen MR) is 81.9 cm³/mol. The minimum absolute atomic E-state index is 0. The second-order valence-corrected chi connectivity index (χ2v) is 3.85. The van der Waals surface area contributed by atoms with E-state index < -0.39 is 0 Å². The maximum absolute atomic E-state index is 11.2. The average Bonchev–Trinajstić information content (AvgIpc) is 2.56. The molecule has 0 bridgehead atoms. The van der Waals surface area contributed by atoms with Crippen LogP contribution in [0.5, 0.6) is 0 Å². The highest BCUT2D eigenvalue weighted by Crippen LogP contribution is 2.09. The number of carbonyl (C=O) groups is 1. The van der Waals surface area contributed by atoms with Crippen molar-refractivity contribution in [1.82, 2.24) is 4.90 Å². The molecule has 2 nitrogen and oxygen atoms in total. The van der Waals surface area contributed by atoms with E-state index in [1.54, 1.807) is 6.08 Å². The Hall–Kier alpha value is -1.15. The van der Waals surface area contributed by atoms with Crippen molar-refractivity contribution in [2.45, 2.75) is 40.5 Å². The zero-order valence-electron chi connectivity index (χ0n) is 11.2. The Bertz CT molecular complexity index is 279. The Morgan fingerprint density at radius 3 is 2.50 bits per heavy atom. The number of rotatable bonds is 4. The van der Waals surface area contributed by atoms with Gasteiger partial charge in [-0.2, -0.15) is 0 Å². The van der Waals surface area contributed by atoms with Crippen molar-refractivity contribution in [3.8, 4) is 0 Å². The van der Waals surface area contributed by atoms with Crippen LogP contribution in [0, 0.1) is 0 Å². The normalized spacial score (nSPS) is 16.8. The van der Waals surface area contributed by atoms with Crippen LogP contribution in [0.1, 0.15) is 40.5 Å². The van der Waals surface area contributed by atoms with E-state index in [2.05, 4.69) is 18.1 Å². The third-order valence-electron chi connectivity index (χ3n) is 2.64. The van der Waals surface area contributed by atoms with Crippen LogP contribution in [0.3, 0.4) is 0 Å². The molecule has 0 unspecified atom stereocenters. The topological polar surface area (TPSA) is 20.3 Å². The molecule has 1 heterocycles. The molecule has 2 heteroatoms. The number of allylic oxidation sites excluding steroid dienone is 2. The number of nitrogens with zero attached hydrogens (tertiary/aromatic N) is 1. The quantitative estimate of drug-likeness (QED) is 0.704. The first-order chi connectivity index (χ1) is 8.26. The summed E-state index contributed by atoms with van der Waals surface area (Å²) in [5.41, 5.74) is 1.17. The molecule has 1 rings (SSSR count). The third-order valence-corrected chi connectivity index (χ3v) is 2.64. The highest BCUT2D eigenvalue weighted by atomic mass is 16.1. The summed E-state index contributed by atoms with van der Waals surface area (Å²) in [6.07, 6.45) is 8.02. The van der Waals surface area contributed by atoms with Crippen molar-refractivity contribution in [2.24, 2.45) is 0 Å². The molecule has 0 aromatic heterocycles. The number of hydrogen-bond donors (Lipinski definition) is 0. The number of ketones is 1. The van der Waals surface area contributed by atoms with E-state index in [0.29, 0.717) is 12.2 Å². The maximum Gasteiger partial charge on any atom is 0.134 e. The lowest BCUT2D eigenvalue weighted by atomic mass is 10.2. The molecule has 1 aliphatic heterocycles. The van der Waals surface area contributed by atoms with Crippen molar-refractivity contribution in [2.75, 3.05) is 19.6 Å². The number of carbonyl (C=O) groups excluding carboxylic acids is 1. The summed E-state index contributed by atoms with van der Waals surface area (Å²) in [6.45, 7) is 14.2. The summed E-state index contributed by atoms with van der Waals surface area (Å²) < 4.78 is 0. The molecular weight excluding hydrogens is 222 g/mol. The van der Waals surface area contributed by atoms with E-state index >= 15 is 0 Å². The summed E-state index contributed by atoms with van der Waals surface area (Å²) in [7, 11) is 0. The van der Waals surface area contributed by atoms with Crippen LogP contribution < -0.4 is 0 Å². The highest BCUT2D eigenvalue weighted by molar-refractivity contribution is 5.78. The van der Waals surface area contributed by atoms with Crippen molar-refractivity contribution in [3.63, 3.8) is 0 Å². The van der Waals surface area contributed by atoms with E-state index in [1.165, 1.54) is 5.57 Å². The van der Waals surface area contributed by atoms with Crippen molar-refractivity contribution in [1.29, 1.82) is 0 Å². The molecule has 0 atom stereocenters. The molecule has 1 fully saturated rings. The van der Waals surface area contributed by atoms with Crippen LogP contribution in [-0.4, -0.2) is 30.3 Å². The Morgan fingerprint density at radius 1 is 1.28 bits per heavy atom. The van der Waals surface area contributed by atoms with Gasteiger partial charge in [-0.25, -0.2) is 0 Å². The van der Waals surface area contributed by atoms with Crippen LogP contribution >= 0.6 is 0 Å². The summed E-state index contributed by atoms with van der Waals surface area (Å²) in [5, 5.41) is 0. The Morgan fingerprint density at radius 2 is 1.94 bits per heavy atom. The largest absolute Gasteiger partial charge is 0.300 e. The highest BCUT2D eigenvalue weighted by Gasteiger charge is 2.13. The fourth-order valence-electron chi connectivity index (χ4n) is 1.77. The second-order valence-electron chi connectivity index (χ2n) is 3.85. The lowest BCUT2D eigenvalue weighted by Gasteiger charge is -2.19. The van der Waals surface area contributed by atoms with Gasteiger partial charge in [0.1, 0.15) is 5.78 Å². The molecule has 0 aliphatic carbocycles. The summed E-state index contributed by atoms with van der Waals surface area (Å²) in [4.78, 5) is 13.5. The monoisotopic (exact) mass is 251 g/mol. The summed E-state index contributed by atoms with van der Waals surface area (Å²) >= 11 is 0. The van der Waals surface area contributed by atoms with Gasteiger partial charge in [0, 0.05) is 25.9 Å². The van der Waals surface area contributed by atoms with Gasteiger partial charge in [-0.3, -0.25) is 9.69 Å². The van der Waals surface area contributed by atoms with Gasteiger partial charge in [0.25, 0.3) is 0 Å². The molecule has 18 heavy (non-hydrogen) atoms. The fourth-order valence-corrected chi connectivity index (χ4v) is 1.77. The number of Topliss-reactive ketones (excluding diaryl/α,β-unsaturated/α-hetero) is 1. The molecule has 0 saturated carbocycles. The molecule has 0 amide bonds. The standard InChI is InChI=1S/C13H19NO.C2H6.CH4/c1-3-6-12(4-2)11-14-9-5-7-13(15)8-10-14;1-2;/h3-4,6H,1-2,5,7-11H2;1-2H3;1H4/b12-6+;;. The van der Waals surface area contributed by atoms with Gasteiger partial charge in [0.05, 0.1) is 0 Å². The summed E-state index contributed by atoms with van der Waals surface area (Å²) in [5.74, 6) is 0.394. The maximum atomic E-state index is 11.2. The molecule has 0 N–H and O–H groups in total. The zero-order valence-corrected chi connectivity index (χ0v) is 11.2. The lowest BCUT2D eigenvalue weighted by molar-refractivity contribution is -0.118. The molecule has 0 radical (unpaired) electrons. The SMILES string of the molecule is C.C=C/C=C(\C=C)CN1CCCC(=O)CC1.CC. The van der Waals surface area contributed by atoms with Crippen molar-refractivity contribution >= 4 is 5.78 Å². The first kappa shape index (κ1) is 19.2. The number of hydrogen-bond acceptors (Lipinski definition) is 2. The average molecular weight is 251 g/mol. The number of likely N-dealkylation sites (tertiary alicyclic amines) is 1. The van der Waals surface area contributed by atoms with E-state index in [0.717, 1.165) is 32.5 Å². The Kier molecular flexibility index (Phi) is 13.1. The Labute approximate surface area is 113 Å². The van der Waals surface area contributed by atoms with Gasteiger partial charge in [-0.15, -0.1) is 0 Å². The minimum atomic E-state index is 0. The molecule has 104 valence electrons. The van der Waals surface area contributed by atoms with Gasteiger partial charge < -0.3 is 0 Å². The van der Waals surface area contributed by atoms with Crippen molar-refractivity contribution < 1.29 is 4.79 Å². The minimum Gasteiger partial charge on any atom is -0.300 e.